The van der Waals surface area contributed by atoms with Crippen molar-refractivity contribution in [3.63, 3.8) is 0 Å². The maximum Gasteiger partial charge on any atom is 0.222 e. The molecule has 0 aromatic carbocycles. The molecule has 0 saturated heterocycles. The molecule has 7 nitrogen and oxygen atoms in total. The third-order valence-electron chi connectivity index (χ3n) is 3.14. The number of nitrogen functional groups attached to an aromatic ring is 1. The van der Waals surface area contributed by atoms with Crippen molar-refractivity contribution in [3.8, 4) is 0 Å². The van der Waals surface area contributed by atoms with E-state index < -0.39 is 5.60 Å². The van der Waals surface area contributed by atoms with Gasteiger partial charge in [0, 0.05) is 6.20 Å². The van der Waals surface area contributed by atoms with Crippen LogP contribution in [0.2, 0.25) is 0 Å². The van der Waals surface area contributed by atoms with Crippen molar-refractivity contribution in [3.05, 3.63) is 18.3 Å². The Morgan fingerprint density at radius 3 is 2.81 bits per heavy atom. The van der Waals surface area contributed by atoms with Crippen molar-refractivity contribution in [1.82, 2.24) is 15.0 Å². The van der Waals surface area contributed by atoms with Gasteiger partial charge in [0.1, 0.15) is 5.52 Å². The van der Waals surface area contributed by atoms with E-state index in [1.165, 1.54) is 0 Å². The molecule has 5 N–H and O–H groups in total. The van der Waals surface area contributed by atoms with E-state index >= 15 is 0 Å². The molecule has 2 aromatic heterocycles. The second-order valence-corrected chi connectivity index (χ2v) is 5.68. The van der Waals surface area contributed by atoms with Crippen molar-refractivity contribution >= 4 is 22.8 Å². The molecule has 2 aromatic rings. The average molecular weight is 291 g/mol. The van der Waals surface area contributed by atoms with Crippen LogP contribution in [-0.4, -0.2) is 43.4 Å². The minimum absolute atomic E-state index is 0.0751. The SMILES string of the molecule is CC(C)(O)CCC(CO)Nc1nc(N)nc2cccnc12. The molecule has 0 saturated carbocycles. The van der Waals surface area contributed by atoms with Gasteiger partial charge >= 0.3 is 0 Å². The number of aliphatic hydroxyl groups is 2. The van der Waals surface area contributed by atoms with Crippen molar-refractivity contribution < 1.29 is 10.2 Å². The molecule has 0 spiro atoms. The third kappa shape index (κ3) is 4.24. The predicted octanol–water partition coefficient (Wildman–Crippen LogP) is 0.931. The lowest BCUT2D eigenvalue weighted by Crippen LogP contribution is -2.29. The summed E-state index contributed by atoms with van der Waals surface area (Å²) in [5, 5.41) is 22.4. The Balaban J connectivity index is 2.21. The first-order valence-corrected chi connectivity index (χ1v) is 6.87. The number of hydrogen-bond acceptors (Lipinski definition) is 7. The van der Waals surface area contributed by atoms with Crippen LogP contribution in [0.25, 0.3) is 11.0 Å². The second-order valence-electron chi connectivity index (χ2n) is 5.68. The summed E-state index contributed by atoms with van der Waals surface area (Å²) in [6.45, 7) is 3.40. The van der Waals surface area contributed by atoms with E-state index in [0.29, 0.717) is 29.7 Å². The van der Waals surface area contributed by atoms with E-state index in [-0.39, 0.29) is 18.6 Å². The van der Waals surface area contributed by atoms with E-state index in [1.807, 2.05) is 0 Å². The van der Waals surface area contributed by atoms with Gasteiger partial charge in [0.2, 0.25) is 5.95 Å². The number of anilines is 2. The maximum absolute atomic E-state index is 9.78. The van der Waals surface area contributed by atoms with Crippen LogP contribution in [0.15, 0.2) is 18.3 Å². The molecule has 2 heterocycles. The normalized spacial score (nSPS) is 13.3. The number of rotatable bonds is 6. The molecule has 7 heteroatoms. The summed E-state index contributed by atoms with van der Waals surface area (Å²) < 4.78 is 0. The standard InChI is InChI=1S/C14H21N5O2/c1-14(2,21)6-5-9(8-20)17-12-11-10(4-3-7-16-11)18-13(15)19-12/h3-4,7,9,20-21H,5-6,8H2,1-2H3,(H3,15,17,18,19). The zero-order valence-electron chi connectivity index (χ0n) is 12.2. The first kappa shape index (κ1) is 15.4. The van der Waals surface area contributed by atoms with Crippen molar-refractivity contribution in [2.75, 3.05) is 17.7 Å². The van der Waals surface area contributed by atoms with Gasteiger partial charge in [-0.15, -0.1) is 0 Å². The highest BCUT2D eigenvalue weighted by Gasteiger charge is 2.18. The van der Waals surface area contributed by atoms with Crippen molar-refractivity contribution in [2.24, 2.45) is 0 Å². The van der Waals surface area contributed by atoms with Crippen LogP contribution in [-0.2, 0) is 0 Å². The van der Waals surface area contributed by atoms with E-state index in [4.69, 9.17) is 5.73 Å². The Morgan fingerprint density at radius 2 is 2.14 bits per heavy atom. The molecule has 21 heavy (non-hydrogen) atoms. The topological polar surface area (TPSA) is 117 Å². The van der Waals surface area contributed by atoms with Gasteiger partial charge < -0.3 is 21.3 Å². The third-order valence-corrected chi connectivity index (χ3v) is 3.14. The molecule has 0 aliphatic heterocycles. The number of nitrogens with one attached hydrogen (secondary N) is 1. The fraction of sp³-hybridized carbons (Fsp3) is 0.500. The number of fused-ring (bicyclic) bond motifs is 1. The molecule has 1 unspecified atom stereocenters. The summed E-state index contributed by atoms with van der Waals surface area (Å²) in [5.41, 5.74) is 6.17. The minimum atomic E-state index is -0.778. The fourth-order valence-corrected chi connectivity index (χ4v) is 2.02. The highest BCUT2D eigenvalue weighted by atomic mass is 16.3. The lowest BCUT2D eigenvalue weighted by atomic mass is 9.99. The summed E-state index contributed by atoms with van der Waals surface area (Å²) in [4.78, 5) is 12.5. The number of aliphatic hydroxyl groups excluding tert-OH is 1. The zero-order chi connectivity index (χ0) is 15.5. The first-order valence-electron chi connectivity index (χ1n) is 6.87. The molecule has 0 radical (unpaired) electrons. The molecule has 1 atom stereocenters. The monoisotopic (exact) mass is 291 g/mol. The minimum Gasteiger partial charge on any atom is -0.394 e. The Hall–Kier alpha value is -1.99. The molecule has 0 fully saturated rings. The lowest BCUT2D eigenvalue weighted by Gasteiger charge is -2.22. The first-order chi connectivity index (χ1) is 9.89. The van der Waals surface area contributed by atoms with Crippen LogP contribution < -0.4 is 11.1 Å². The summed E-state index contributed by atoms with van der Waals surface area (Å²) in [6, 6.07) is 3.34. The largest absolute Gasteiger partial charge is 0.394 e. The second kappa shape index (κ2) is 6.19. The van der Waals surface area contributed by atoms with Gasteiger partial charge in [-0.3, -0.25) is 4.98 Å². The number of hydrogen-bond donors (Lipinski definition) is 4. The van der Waals surface area contributed by atoms with E-state index in [0.717, 1.165) is 0 Å². The van der Waals surface area contributed by atoms with Crippen LogP contribution in [0.5, 0.6) is 0 Å². The molecule has 114 valence electrons. The van der Waals surface area contributed by atoms with Crippen LogP contribution in [0.3, 0.4) is 0 Å². The van der Waals surface area contributed by atoms with Crippen molar-refractivity contribution in [2.45, 2.75) is 38.3 Å². The van der Waals surface area contributed by atoms with Gasteiger partial charge in [-0.05, 0) is 38.8 Å². The van der Waals surface area contributed by atoms with Gasteiger partial charge in [0.25, 0.3) is 0 Å². The van der Waals surface area contributed by atoms with Crippen LogP contribution in [0.4, 0.5) is 11.8 Å². The molecule has 2 rings (SSSR count). The molecule has 0 aliphatic carbocycles. The number of aromatic nitrogens is 3. The fourth-order valence-electron chi connectivity index (χ4n) is 2.02. The molecule has 0 bridgehead atoms. The lowest BCUT2D eigenvalue weighted by molar-refractivity contribution is 0.0653. The summed E-state index contributed by atoms with van der Waals surface area (Å²) in [7, 11) is 0. The molecular weight excluding hydrogens is 270 g/mol. The summed E-state index contributed by atoms with van der Waals surface area (Å²) >= 11 is 0. The Morgan fingerprint density at radius 1 is 1.38 bits per heavy atom. The number of nitrogens with zero attached hydrogens (tertiary/aromatic N) is 3. The smallest absolute Gasteiger partial charge is 0.222 e. The number of nitrogens with two attached hydrogens (primary N) is 1. The van der Waals surface area contributed by atoms with Gasteiger partial charge in [-0.25, -0.2) is 4.98 Å². The maximum atomic E-state index is 9.78. The van der Waals surface area contributed by atoms with E-state index in [2.05, 4.69) is 20.3 Å². The van der Waals surface area contributed by atoms with Crippen LogP contribution >= 0.6 is 0 Å². The summed E-state index contributed by atoms with van der Waals surface area (Å²) in [5.74, 6) is 0.644. The van der Waals surface area contributed by atoms with Gasteiger partial charge in [-0.1, -0.05) is 0 Å². The highest BCUT2D eigenvalue weighted by molar-refractivity contribution is 5.85. The van der Waals surface area contributed by atoms with Gasteiger partial charge in [0.15, 0.2) is 5.82 Å². The zero-order valence-corrected chi connectivity index (χ0v) is 12.2. The van der Waals surface area contributed by atoms with Crippen LogP contribution in [0.1, 0.15) is 26.7 Å². The summed E-state index contributed by atoms with van der Waals surface area (Å²) in [6.07, 6.45) is 2.80. The predicted molar refractivity (Wildman–Crippen MR) is 81.8 cm³/mol. The molecule has 0 aliphatic rings. The number of pyridine rings is 1. The quantitative estimate of drug-likeness (QED) is 0.625. The van der Waals surface area contributed by atoms with Crippen molar-refractivity contribution in [1.29, 1.82) is 0 Å². The Bertz CT molecular complexity index is 612. The highest BCUT2D eigenvalue weighted by Crippen LogP contribution is 2.21. The Labute approximate surface area is 123 Å². The van der Waals surface area contributed by atoms with E-state index in [9.17, 15) is 10.2 Å². The molecule has 0 amide bonds. The van der Waals surface area contributed by atoms with E-state index in [1.54, 1.807) is 32.2 Å². The van der Waals surface area contributed by atoms with Gasteiger partial charge in [0.05, 0.1) is 23.8 Å². The molecular formula is C14H21N5O2. The van der Waals surface area contributed by atoms with Crippen LogP contribution in [0, 0.1) is 0 Å². The Kier molecular flexibility index (Phi) is 4.54. The van der Waals surface area contributed by atoms with Gasteiger partial charge in [-0.2, -0.15) is 4.98 Å². The average Bonchev–Trinajstić information content (AvgIpc) is 2.42.